The maximum atomic E-state index is 12.2. The fourth-order valence-corrected chi connectivity index (χ4v) is 5.26. The van der Waals surface area contributed by atoms with Gasteiger partial charge < -0.3 is 0 Å². The number of rotatable bonds is 6. The smallest absolute Gasteiger partial charge is 0.209 e. The molecule has 1 aromatic heterocycles. The summed E-state index contributed by atoms with van der Waals surface area (Å²) in [6, 6.07) is 8.90. The number of hydrogen-bond donors (Lipinski definition) is 0. The first-order chi connectivity index (χ1) is 10.7. The minimum absolute atomic E-state index is 0.0825. The van der Waals surface area contributed by atoms with E-state index in [4.69, 9.17) is 0 Å². The zero-order valence-corrected chi connectivity index (χ0v) is 13.8. The summed E-state index contributed by atoms with van der Waals surface area (Å²) >= 11 is 1.41. The highest BCUT2D eigenvalue weighted by Gasteiger charge is 2.22. The van der Waals surface area contributed by atoms with Crippen LogP contribution in [0.25, 0.3) is 0 Å². The summed E-state index contributed by atoms with van der Waals surface area (Å²) in [7, 11) is -3.24. The molecule has 0 amide bonds. The Balaban J connectivity index is 1.61. The molecule has 6 nitrogen and oxygen atoms in total. The van der Waals surface area contributed by atoms with E-state index in [-0.39, 0.29) is 5.75 Å². The van der Waals surface area contributed by atoms with Crippen molar-refractivity contribution in [3.8, 4) is 0 Å². The van der Waals surface area contributed by atoms with Gasteiger partial charge in [0.2, 0.25) is 5.16 Å². The van der Waals surface area contributed by atoms with Gasteiger partial charge in [0, 0.05) is 5.75 Å². The molecule has 0 saturated heterocycles. The summed E-state index contributed by atoms with van der Waals surface area (Å²) in [5.41, 5.74) is 0. The first kappa shape index (κ1) is 15.5. The van der Waals surface area contributed by atoms with Crippen molar-refractivity contribution in [2.24, 2.45) is 0 Å². The summed E-state index contributed by atoms with van der Waals surface area (Å²) in [5.74, 6) is 0.531. The second kappa shape index (κ2) is 6.78. The van der Waals surface area contributed by atoms with Crippen LogP contribution in [0.3, 0.4) is 0 Å². The van der Waals surface area contributed by atoms with Gasteiger partial charge in [-0.1, -0.05) is 42.8 Å². The highest BCUT2D eigenvalue weighted by molar-refractivity contribution is 8.00. The Bertz CT molecular complexity index is 709. The summed E-state index contributed by atoms with van der Waals surface area (Å²) in [6.45, 7) is 0. The van der Waals surface area contributed by atoms with E-state index in [1.54, 1.807) is 24.3 Å². The van der Waals surface area contributed by atoms with Gasteiger partial charge in [-0.15, -0.1) is 5.10 Å². The van der Waals surface area contributed by atoms with Gasteiger partial charge in [-0.05, 0) is 35.4 Å². The number of hydrogen-bond acceptors (Lipinski definition) is 6. The maximum absolute atomic E-state index is 12.2. The van der Waals surface area contributed by atoms with Crippen molar-refractivity contribution in [2.45, 2.75) is 41.8 Å². The van der Waals surface area contributed by atoms with E-state index >= 15 is 0 Å². The fourth-order valence-electron chi connectivity index (χ4n) is 2.65. The third kappa shape index (κ3) is 3.49. The highest BCUT2D eigenvalue weighted by atomic mass is 32.2. The zero-order chi connectivity index (χ0) is 15.4. The predicted molar refractivity (Wildman–Crippen MR) is 84.5 cm³/mol. The molecule has 1 aliphatic rings. The minimum atomic E-state index is -3.24. The normalized spacial score (nSPS) is 16.2. The summed E-state index contributed by atoms with van der Waals surface area (Å²) < 4.78 is 26.3. The Kier molecular flexibility index (Phi) is 4.77. The molecule has 1 aromatic carbocycles. The molecule has 0 unspecified atom stereocenters. The Morgan fingerprint density at radius 3 is 2.64 bits per heavy atom. The Morgan fingerprint density at radius 1 is 1.18 bits per heavy atom. The number of sulfone groups is 1. The second-order valence-electron chi connectivity index (χ2n) is 5.32. The molecule has 0 aliphatic heterocycles. The first-order valence-corrected chi connectivity index (χ1v) is 9.99. The number of thioether (sulfide) groups is 1. The molecule has 1 saturated carbocycles. The van der Waals surface area contributed by atoms with E-state index in [0.717, 1.165) is 18.0 Å². The van der Waals surface area contributed by atoms with E-state index in [0.29, 0.717) is 16.7 Å². The topological polar surface area (TPSA) is 77.7 Å². The molecule has 118 valence electrons. The van der Waals surface area contributed by atoms with Crippen LogP contribution in [0.2, 0.25) is 0 Å². The van der Waals surface area contributed by atoms with Gasteiger partial charge in [0.25, 0.3) is 0 Å². The molecule has 0 atom stereocenters. The van der Waals surface area contributed by atoms with Crippen molar-refractivity contribution in [1.29, 1.82) is 0 Å². The molecular formula is C14H18N4O2S2. The van der Waals surface area contributed by atoms with Crippen LogP contribution in [0, 0.1) is 0 Å². The molecule has 0 N–H and O–H groups in total. The van der Waals surface area contributed by atoms with Crippen LogP contribution in [0.15, 0.2) is 40.4 Å². The van der Waals surface area contributed by atoms with Crippen molar-refractivity contribution in [2.75, 3.05) is 11.5 Å². The standard InChI is InChI=1S/C14H18N4O2S2/c19-22(20,13-8-2-1-3-9-13)11-10-21-14-15-16-17-18(14)12-6-4-5-7-12/h1-3,8-9,12H,4-7,10-11H2. The van der Waals surface area contributed by atoms with Gasteiger partial charge >= 0.3 is 0 Å². The lowest BCUT2D eigenvalue weighted by atomic mass is 10.3. The largest absolute Gasteiger partial charge is 0.224 e. The number of tetrazole rings is 1. The van der Waals surface area contributed by atoms with Gasteiger partial charge in [0.1, 0.15) is 0 Å². The van der Waals surface area contributed by atoms with Crippen molar-refractivity contribution in [3.05, 3.63) is 30.3 Å². The quantitative estimate of drug-likeness (QED) is 0.753. The molecule has 22 heavy (non-hydrogen) atoms. The molecular weight excluding hydrogens is 320 g/mol. The molecule has 3 rings (SSSR count). The fraction of sp³-hybridized carbons (Fsp3) is 0.500. The average Bonchev–Trinajstić information content (AvgIpc) is 3.18. The van der Waals surface area contributed by atoms with Gasteiger partial charge in [-0.25, -0.2) is 13.1 Å². The predicted octanol–water partition coefficient (Wildman–Crippen LogP) is 2.35. The SMILES string of the molecule is O=S(=O)(CCSc1nnnn1C1CCCC1)c1ccccc1. The highest BCUT2D eigenvalue weighted by Crippen LogP contribution is 2.31. The van der Waals surface area contributed by atoms with Crippen molar-refractivity contribution in [1.82, 2.24) is 20.2 Å². The summed E-state index contributed by atoms with van der Waals surface area (Å²) in [4.78, 5) is 0.367. The van der Waals surface area contributed by atoms with Crippen LogP contribution < -0.4 is 0 Å². The molecule has 2 aromatic rings. The molecule has 0 bridgehead atoms. The van der Waals surface area contributed by atoms with E-state index in [9.17, 15) is 8.42 Å². The molecule has 0 spiro atoms. The third-order valence-electron chi connectivity index (χ3n) is 3.82. The Morgan fingerprint density at radius 2 is 1.91 bits per heavy atom. The van der Waals surface area contributed by atoms with E-state index in [1.165, 1.54) is 24.6 Å². The number of benzene rings is 1. The Hall–Kier alpha value is -1.41. The number of nitrogens with zero attached hydrogens (tertiary/aromatic N) is 4. The summed E-state index contributed by atoms with van der Waals surface area (Å²) in [5, 5.41) is 12.5. The minimum Gasteiger partial charge on any atom is -0.224 e. The summed E-state index contributed by atoms with van der Waals surface area (Å²) in [6.07, 6.45) is 4.61. The van der Waals surface area contributed by atoms with Crippen molar-refractivity contribution >= 4 is 21.6 Å². The lowest BCUT2D eigenvalue weighted by Crippen LogP contribution is -2.11. The lowest BCUT2D eigenvalue weighted by Gasteiger charge is -2.10. The van der Waals surface area contributed by atoms with Crippen molar-refractivity contribution in [3.63, 3.8) is 0 Å². The zero-order valence-electron chi connectivity index (χ0n) is 12.1. The van der Waals surface area contributed by atoms with Crippen LogP contribution in [0.4, 0.5) is 0 Å². The molecule has 1 fully saturated rings. The van der Waals surface area contributed by atoms with Crippen LogP contribution >= 0.6 is 11.8 Å². The second-order valence-corrected chi connectivity index (χ2v) is 8.50. The van der Waals surface area contributed by atoms with Crippen LogP contribution in [-0.4, -0.2) is 40.1 Å². The van der Waals surface area contributed by atoms with Gasteiger partial charge in [-0.2, -0.15) is 0 Å². The van der Waals surface area contributed by atoms with Gasteiger partial charge in [0.05, 0.1) is 16.7 Å². The molecule has 1 aliphatic carbocycles. The van der Waals surface area contributed by atoms with Crippen LogP contribution in [0.5, 0.6) is 0 Å². The molecule has 0 radical (unpaired) electrons. The van der Waals surface area contributed by atoms with Gasteiger partial charge in [-0.3, -0.25) is 0 Å². The van der Waals surface area contributed by atoms with E-state index in [1.807, 2.05) is 10.7 Å². The first-order valence-electron chi connectivity index (χ1n) is 7.35. The van der Waals surface area contributed by atoms with Crippen LogP contribution in [0.1, 0.15) is 31.7 Å². The van der Waals surface area contributed by atoms with E-state index < -0.39 is 9.84 Å². The Labute approximate surface area is 134 Å². The van der Waals surface area contributed by atoms with Crippen LogP contribution in [-0.2, 0) is 9.84 Å². The average molecular weight is 338 g/mol. The number of aromatic nitrogens is 4. The third-order valence-corrected chi connectivity index (χ3v) is 6.74. The molecule has 1 heterocycles. The maximum Gasteiger partial charge on any atom is 0.209 e. The lowest BCUT2D eigenvalue weighted by molar-refractivity contribution is 0.423. The monoisotopic (exact) mass is 338 g/mol. The van der Waals surface area contributed by atoms with Gasteiger partial charge in [0.15, 0.2) is 9.84 Å². The molecule has 8 heteroatoms. The van der Waals surface area contributed by atoms with Crippen molar-refractivity contribution < 1.29 is 8.42 Å². The van der Waals surface area contributed by atoms with E-state index in [2.05, 4.69) is 15.5 Å².